The molecule has 7 heteroatoms. The Bertz CT molecular complexity index is 1360. The molecule has 2 aromatic carbocycles. The number of halogens is 1. The molecule has 5 aromatic rings. The van der Waals surface area contributed by atoms with Gasteiger partial charge in [0.1, 0.15) is 4.83 Å². The molecular formula is C24H20ClN5S. The molecule has 0 amide bonds. The normalized spacial score (nSPS) is 11.2. The minimum Gasteiger partial charge on any atom is -0.279 e. The van der Waals surface area contributed by atoms with E-state index in [4.69, 9.17) is 21.6 Å². The van der Waals surface area contributed by atoms with Gasteiger partial charge in [0, 0.05) is 35.8 Å². The van der Waals surface area contributed by atoms with Gasteiger partial charge in [-0.1, -0.05) is 30.3 Å². The second-order valence-corrected chi connectivity index (χ2v) is 8.50. The Morgan fingerprint density at radius 3 is 2.65 bits per heavy atom. The molecule has 0 aliphatic carbocycles. The summed E-state index contributed by atoms with van der Waals surface area (Å²) in [6.07, 6.45) is 3.82. The molecular weight excluding hydrogens is 426 g/mol. The Hall–Kier alpha value is -3.22. The minimum atomic E-state index is 0.446. The lowest BCUT2D eigenvalue weighted by atomic mass is 10.1. The van der Waals surface area contributed by atoms with Gasteiger partial charge in [0.2, 0.25) is 5.95 Å². The number of anilines is 3. The smallest absolute Gasteiger partial charge is 0.236 e. The molecule has 0 aliphatic heterocycles. The first-order valence-electron chi connectivity index (χ1n) is 9.89. The maximum Gasteiger partial charge on any atom is 0.236 e. The molecule has 3 aromatic heterocycles. The summed E-state index contributed by atoms with van der Waals surface area (Å²) < 4.78 is 1.79. The average Bonchev–Trinajstić information content (AvgIpc) is 3.44. The lowest BCUT2D eigenvalue weighted by molar-refractivity contribution is 0.768. The van der Waals surface area contributed by atoms with Gasteiger partial charge in [-0.2, -0.15) is 5.10 Å². The van der Waals surface area contributed by atoms with E-state index in [2.05, 4.69) is 58.7 Å². The van der Waals surface area contributed by atoms with Gasteiger partial charge in [0.25, 0.3) is 0 Å². The van der Waals surface area contributed by atoms with Gasteiger partial charge in [0.15, 0.2) is 0 Å². The number of fused-ring (bicyclic) bond motifs is 1. The number of nitrogens with zero attached hydrogens (tertiary/aromatic N) is 5. The van der Waals surface area contributed by atoms with Gasteiger partial charge in [0.05, 0.1) is 17.6 Å². The van der Waals surface area contributed by atoms with Crippen LogP contribution in [0.25, 0.3) is 21.5 Å². The SMILES string of the molecule is Cc1ccc(CCl)cc1N(c1ccccc1)c1nc(-c2cnn(C)c2)c2ccsc2n1. The fraction of sp³-hybridized carbons (Fsp3) is 0.125. The van der Waals surface area contributed by atoms with Crippen LogP contribution in [0.5, 0.6) is 0 Å². The molecule has 0 aliphatic rings. The summed E-state index contributed by atoms with van der Waals surface area (Å²) in [5, 5.41) is 7.42. The summed E-state index contributed by atoms with van der Waals surface area (Å²) in [5.41, 5.74) is 6.02. The van der Waals surface area contributed by atoms with Gasteiger partial charge >= 0.3 is 0 Å². The van der Waals surface area contributed by atoms with E-state index in [1.165, 1.54) is 0 Å². The molecule has 0 saturated heterocycles. The van der Waals surface area contributed by atoms with Gasteiger partial charge in [-0.3, -0.25) is 9.58 Å². The van der Waals surface area contributed by atoms with Crippen molar-refractivity contribution in [1.82, 2.24) is 19.7 Å². The second-order valence-electron chi connectivity index (χ2n) is 7.34. The van der Waals surface area contributed by atoms with Crippen LogP contribution in [0.1, 0.15) is 11.1 Å². The summed E-state index contributed by atoms with van der Waals surface area (Å²) in [7, 11) is 1.91. The van der Waals surface area contributed by atoms with Crippen molar-refractivity contribution in [2.45, 2.75) is 12.8 Å². The average molecular weight is 446 g/mol. The summed E-state index contributed by atoms with van der Waals surface area (Å²) in [6.45, 7) is 2.09. The zero-order valence-corrected chi connectivity index (χ0v) is 18.7. The molecule has 0 bridgehead atoms. The summed E-state index contributed by atoms with van der Waals surface area (Å²) in [4.78, 5) is 13.0. The zero-order chi connectivity index (χ0) is 21.4. The molecule has 0 radical (unpaired) electrons. The fourth-order valence-corrected chi connectivity index (χ4v) is 4.55. The highest BCUT2D eigenvalue weighted by atomic mass is 35.5. The minimum absolute atomic E-state index is 0.446. The lowest BCUT2D eigenvalue weighted by Gasteiger charge is -2.25. The number of para-hydroxylation sites is 1. The number of alkyl halides is 1. The van der Waals surface area contributed by atoms with Crippen molar-refractivity contribution in [3.63, 3.8) is 0 Å². The number of thiophene rings is 1. The Balaban J connectivity index is 1.78. The van der Waals surface area contributed by atoms with Gasteiger partial charge < -0.3 is 0 Å². The summed E-state index contributed by atoms with van der Waals surface area (Å²) in [5.74, 6) is 1.07. The van der Waals surface area contributed by atoms with Crippen LogP contribution in [0.3, 0.4) is 0 Å². The highest BCUT2D eigenvalue weighted by Crippen LogP contribution is 2.38. The van der Waals surface area contributed by atoms with Crippen LogP contribution < -0.4 is 4.90 Å². The van der Waals surface area contributed by atoms with Crippen molar-refractivity contribution < 1.29 is 0 Å². The third-order valence-electron chi connectivity index (χ3n) is 5.17. The number of rotatable bonds is 5. The largest absolute Gasteiger partial charge is 0.279 e. The van der Waals surface area contributed by atoms with Crippen LogP contribution in [0.15, 0.2) is 72.4 Å². The van der Waals surface area contributed by atoms with E-state index in [0.717, 1.165) is 44.0 Å². The molecule has 5 nitrogen and oxygen atoms in total. The van der Waals surface area contributed by atoms with Crippen LogP contribution >= 0.6 is 22.9 Å². The standard InChI is InChI=1S/C24H20ClN5S/c1-16-8-9-17(13-25)12-21(16)30(19-6-4-3-5-7-19)24-27-22(18-14-26-29(2)15-18)20-10-11-31-23(20)28-24/h3-12,14-15H,13H2,1-2H3. The van der Waals surface area contributed by atoms with Crippen molar-refractivity contribution in [3.05, 3.63) is 83.5 Å². The monoisotopic (exact) mass is 445 g/mol. The van der Waals surface area contributed by atoms with Crippen molar-refractivity contribution in [1.29, 1.82) is 0 Å². The molecule has 5 rings (SSSR count). The molecule has 154 valence electrons. The Morgan fingerprint density at radius 2 is 1.90 bits per heavy atom. The number of benzene rings is 2. The topological polar surface area (TPSA) is 46.8 Å². The second kappa shape index (κ2) is 8.13. The number of hydrogen-bond acceptors (Lipinski definition) is 5. The molecule has 0 unspecified atom stereocenters. The van der Waals surface area contributed by atoms with Crippen LogP contribution in [-0.4, -0.2) is 19.7 Å². The van der Waals surface area contributed by atoms with E-state index in [1.54, 1.807) is 16.0 Å². The Labute approximate surface area is 189 Å². The first-order chi connectivity index (χ1) is 15.1. The first kappa shape index (κ1) is 19.7. The molecule has 3 heterocycles. The number of aryl methyl sites for hydroxylation is 2. The molecule has 0 spiro atoms. The van der Waals surface area contributed by atoms with E-state index in [1.807, 2.05) is 37.6 Å². The van der Waals surface area contributed by atoms with E-state index in [0.29, 0.717) is 11.8 Å². The quantitative estimate of drug-likeness (QED) is 0.285. The summed E-state index contributed by atoms with van der Waals surface area (Å²) in [6, 6.07) is 18.5. The van der Waals surface area contributed by atoms with Crippen LogP contribution in [-0.2, 0) is 12.9 Å². The van der Waals surface area contributed by atoms with Crippen LogP contribution in [0.4, 0.5) is 17.3 Å². The van der Waals surface area contributed by atoms with E-state index >= 15 is 0 Å². The summed E-state index contributed by atoms with van der Waals surface area (Å²) >= 11 is 7.77. The maximum absolute atomic E-state index is 6.16. The zero-order valence-electron chi connectivity index (χ0n) is 17.2. The van der Waals surface area contributed by atoms with Crippen LogP contribution in [0, 0.1) is 6.92 Å². The molecule has 0 saturated carbocycles. The van der Waals surface area contributed by atoms with Gasteiger partial charge in [-0.15, -0.1) is 22.9 Å². The van der Waals surface area contributed by atoms with Crippen molar-refractivity contribution in [2.24, 2.45) is 7.05 Å². The Morgan fingerprint density at radius 1 is 1.06 bits per heavy atom. The molecule has 0 fully saturated rings. The predicted molar refractivity (Wildman–Crippen MR) is 129 cm³/mol. The fourth-order valence-electron chi connectivity index (χ4n) is 3.63. The highest BCUT2D eigenvalue weighted by Gasteiger charge is 2.21. The van der Waals surface area contributed by atoms with E-state index in [9.17, 15) is 0 Å². The van der Waals surface area contributed by atoms with E-state index < -0.39 is 0 Å². The van der Waals surface area contributed by atoms with Crippen molar-refractivity contribution in [2.75, 3.05) is 4.90 Å². The lowest BCUT2D eigenvalue weighted by Crippen LogP contribution is -2.15. The highest BCUT2D eigenvalue weighted by molar-refractivity contribution is 7.16. The third-order valence-corrected chi connectivity index (χ3v) is 6.29. The first-order valence-corrected chi connectivity index (χ1v) is 11.3. The van der Waals surface area contributed by atoms with Crippen molar-refractivity contribution in [3.8, 4) is 11.3 Å². The predicted octanol–water partition coefficient (Wildman–Crippen LogP) is 6.61. The van der Waals surface area contributed by atoms with Crippen molar-refractivity contribution >= 4 is 50.5 Å². The third kappa shape index (κ3) is 3.69. The molecule has 0 atom stereocenters. The number of aromatic nitrogens is 4. The molecule has 0 N–H and O–H groups in total. The Kier molecular flexibility index (Phi) is 5.18. The van der Waals surface area contributed by atoms with Gasteiger partial charge in [-0.25, -0.2) is 9.97 Å². The number of hydrogen-bond donors (Lipinski definition) is 0. The maximum atomic E-state index is 6.16. The van der Waals surface area contributed by atoms with E-state index in [-0.39, 0.29) is 0 Å². The van der Waals surface area contributed by atoms with Crippen LogP contribution in [0.2, 0.25) is 0 Å². The molecule has 31 heavy (non-hydrogen) atoms. The van der Waals surface area contributed by atoms with Gasteiger partial charge in [-0.05, 0) is 47.7 Å².